The van der Waals surface area contributed by atoms with E-state index >= 15 is 0 Å². The molecule has 57 heavy (non-hydrogen) atoms. The minimum absolute atomic E-state index is 0.550. The molecule has 12 rings (SSSR count). The van der Waals surface area contributed by atoms with Gasteiger partial charge < -0.3 is 13.7 Å². The first-order chi connectivity index (χ1) is 42.9. The molecule has 0 unspecified atom stereocenters. The molecule has 0 aliphatic carbocycles. The Morgan fingerprint density at radius 3 is 1.39 bits per heavy atom. The minimum Gasteiger partial charge on any atom is -0.309 e. The maximum Gasteiger partial charge on any atom is 0.0667 e. The van der Waals surface area contributed by atoms with Gasteiger partial charge >= 0.3 is 0 Å². The number of rotatable bonds is 5. The highest BCUT2D eigenvalue weighted by Crippen LogP contribution is 2.42. The van der Waals surface area contributed by atoms with E-state index in [4.69, 9.17) is 24.7 Å². The third-order valence-corrected chi connectivity index (χ3v) is 9.29. The van der Waals surface area contributed by atoms with E-state index in [1.807, 2.05) is 0 Å². The summed E-state index contributed by atoms with van der Waals surface area (Å²) >= 11 is 0. The van der Waals surface area contributed by atoms with Gasteiger partial charge in [-0.15, -0.1) is 0 Å². The van der Waals surface area contributed by atoms with Crippen LogP contribution in [0.2, 0.25) is 0 Å². The van der Waals surface area contributed by atoms with Crippen molar-refractivity contribution < 1.29 is 48.0 Å². The summed E-state index contributed by atoms with van der Waals surface area (Å²) < 4.78 is 322. The molecule has 0 N–H and O–H groups in total. The summed E-state index contributed by atoms with van der Waals surface area (Å²) in [4.78, 5) is 0. The van der Waals surface area contributed by atoms with Gasteiger partial charge in [0.25, 0.3) is 0 Å². The van der Waals surface area contributed by atoms with Gasteiger partial charge in [-0.25, -0.2) is 0 Å². The normalized spacial score (nSPS) is 20.5. The third kappa shape index (κ3) is 4.79. The third-order valence-electron chi connectivity index (χ3n) is 9.29. The molecule has 0 atom stereocenters. The Balaban J connectivity index is 1.34. The van der Waals surface area contributed by atoms with Crippen molar-refractivity contribution in [1.29, 1.82) is 0 Å². The van der Waals surface area contributed by atoms with E-state index in [-0.39, 0.29) is 0 Å². The Kier molecular flexibility index (Phi) is 2.78. The van der Waals surface area contributed by atoms with Crippen LogP contribution in [0.25, 0.3) is 105 Å². The zero-order chi connectivity index (χ0) is 67.9. The second kappa shape index (κ2) is 12.5. The van der Waals surface area contributed by atoms with Crippen molar-refractivity contribution in [3.8, 4) is 39.3 Å². The smallest absolute Gasteiger partial charge is 0.0667 e. The van der Waals surface area contributed by atoms with Gasteiger partial charge in [-0.05, 0) is 88.7 Å². The summed E-state index contributed by atoms with van der Waals surface area (Å²) in [5.41, 5.74) is -11.3. The molecule has 0 amide bonds. The van der Waals surface area contributed by atoms with Gasteiger partial charge in [-0.1, -0.05) is 145 Å². The number of para-hydroxylation sites is 4. The number of fused-ring (bicyclic) bond motifs is 9. The lowest BCUT2D eigenvalue weighted by atomic mass is 9.99. The van der Waals surface area contributed by atoms with Gasteiger partial charge in [0, 0.05) is 43.7 Å². The molecule has 0 aliphatic heterocycles. The predicted octanol–water partition coefficient (Wildman–Crippen LogP) is 14.3. The Morgan fingerprint density at radius 2 is 0.702 bits per heavy atom. The second-order valence-electron chi connectivity index (χ2n) is 12.3. The fraction of sp³-hybridized carbons (Fsp3) is 0. The van der Waals surface area contributed by atoms with Gasteiger partial charge in [-0.3, -0.25) is 0 Å². The van der Waals surface area contributed by atoms with E-state index in [0.717, 1.165) is 0 Å². The van der Waals surface area contributed by atoms with Crippen molar-refractivity contribution in [2.45, 2.75) is 0 Å². The zero-order valence-electron chi connectivity index (χ0n) is 63.3. The molecule has 0 saturated carbocycles. The summed E-state index contributed by atoms with van der Waals surface area (Å²) in [6.45, 7) is 0. The minimum atomic E-state index is -1.22. The Bertz CT molecular complexity index is 5480. The molecule has 0 radical (unpaired) electrons. The first-order valence-electron chi connectivity index (χ1n) is 34.3. The monoisotopic (exact) mass is 761 g/mol. The van der Waals surface area contributed by atoms with E-state index in [1.165, 1.54) is 0 Å². The number of benzene rings is 9. The van der Waals surface area contributed by atoms with E-state index in [2.05, 4.69) is 0 Å². The number of aromatic nitrogens is 3. The topological polar surface area (TPSA) is 14.8 Å². The molecule has 0 spiro atoms. The zero-order valence-corrected chi connectivity index (χ0v) is 28.3. The molecule has 0 fully saturated rings. The van der Waals surface area contributed by atoms with Crippen molar-refractivity contribution in [1.82, 2.24) is 13.7 Å². The molecule has 266 valence electrons. The Morgan fingerprint density at radius 1 is 0.263 bits per heavy atom. The first-order valence-corrected chi connectivity index (χ1v) is 16.8. The maximum atomic E-state index is 10.3. The number of nitrogens with zero attached hydrogens (tertiary/aromatic N) is 3. The standard InChI is InChI=1S/C54H35N3/c1-2-15-36(16-3-1)37-17-12-18-38(33-37)39-19-13-20-40(34-39)56-50-28-11-7-24-46(50)54-51(56)29-14-30-52(54)57-49-27-10-6-23-44(49)45-32-31-41(35-53(45)57)55-47-25-8-4-21-42(47)43-22-5-9-26-48(43)55/h1-35H/i1D,2D,3D,4D,5D,6D,7D,8D,9D,10D,11D,12D,13D,14D,15D,16D,17D,18D,19D,20D,21D,22D,23D,24D,25D,26D,27D,28D,29D,30D,31D,32D,33D,34D,35D. The molecule has 3 aromatic heterocycles. The van der Waals surface area contributed by atoms with Crippen molar-refractivity contribution in [2.75, 3.05) is 0 Å². The molecular formula is C54H35N3. The first kappa shape index (κ1) is 12.7. The van der Waals surface area contributed by atoms with Crippen LogP contribution in [0.5, 0.6) is 0 Å². The lowest BCUT2D eigenvalue weighted by Crippen LogP contribution is -1.98. The van der Waals surface area contributed by atoms with Crippen LogP contribution in [0, 0.1) is 0 Å². The SMILES string of the molecule is [2H]c1c([2H])c([2H])c(-c2c([2H])c([2H])c([2H])c(-c3c([2H])c([2H])c([2H])c(-n4c5c([2H])c([2H])c([2H])c([2H])c5c5c(-n6c7c([2H])c([2H])c([2H])c([2H])c7c7c([2H])c([2H])c(-n8c9c([2H])c([2H])c([2H])c([2H])c9c9c([2H])c([2H])c([2H])c([2H])c98)c([2H])c76)c([2H])c([2H])c([2H])c54)c3[2H])c2[2H])c([2H])c1[2H]. The van der Waals surface area contributed by atoms with E-state index < -0.39 is 316 Å². The fourth-order valence-corrected chi connectivity index (χ4v) is 6.97. The van der Waals surface area contributed by atoms with Crippen molar-refractivity contribution in [2.24, 2.45) is 0 Å². The number of hydrogen-bond acceptors (Lipinski definition) is 0. The maximum absolute atomic E-state index is 10.3. The second-order valence-corrected chi connectivity index (χ2v) is 12.3. The quantitative estimate of drug-likeness (QED) is 0.166. The van der Waals surface area contributed by atoms with Gasteiger partial charge in [0.15, 0.2) is 0 Å². The highest BCUT2D eigenvalue weighted by molar-refractivity contribution is 6.17. The van der Waals surface area contributed by atoms with Crippen LogP contribution in [0.1, 0.15) is 48.0 Å². The largest absolute Gasteiger partial charge is 0.309 e. The van der Waals surface area contributed by atoms with Crippen LogP contribution in [-0.2, 0) is 0 Å². The van der Waals surface area contributed by atoms with Crippen LogP contribution >= 0.6 is 0 Å². The average Bonchev–Trinajstić information content (AvgIpc) is 1.51. The van der Waals surface area contributed by atoms with Crippen LogP contribution in [-0.4, -0.2) is 13.7 Å². The van der Waals surface area contributed by atoms with Crippen LogP contribution in [0.3, 0.4) is 0 Å². The average molecular weight is 761 g/mol. The van der Waals surface area contributed by atoms with Crippen molar-refractivity contribution >= 4 is 65.4 Å². The summed E-state index contributed by atoms with van der Waals surface area (Å²) in [6, 6.07) is -36.0. The molecule has 0 aliphatic rings. The Labute approximate surface area is 378 Å². The van der Waals surface area contributed by atoms with Gasteiger partial charge in [0.05, 0.1) is 86.8 Å². The summed E-state index contributed by atoms with van der Waals surface area (Å²) in [5, 5.41) is -4.08. The van der Waals surface area contributed by atoms with E-state index in [9.17, 15) is 23.3 Å². The fourth-order valence-electron chi connectivity index (χ4n) is 6.97. The number of hydrogen-bond donors (Lipinski definition) is 0. The van der Waals surface area contributed by atoms with Crippen molar-refractivity contribution in [3.63, 3.8) is 0 Å². The summed E-state index contributed by atoms with van der Waals surface area (Å²) in [6.07, 6.45) is 0. The molecule has 9 aromatic carbocycles. The van der Waals surface area contributed by atoms with Gasteiger partial charge in [-0.2, -0.15) is 0 Å². The summed E-state index contributed by atoms with van der Waals surface area (Å²) in [7, 11) is 0. The lowest BCUT2D eigenvalue weighted by Gasteiger charge is -2.13. The molecule has 3 heteroatoms. The van der Waals surface area contributed by atoms with E-state index in [1.54, 1.807) is 0 Å². The van der Waals surface area contributed by atoms with E-state index in [0.29, 0.717) is 13.7 Å². The lowest BCUT2D eigenvalue weighted by molar-refractivity contribution is 1.16. The van der Waals surface area contributed by atoms with Crippen molar-refractivity contribution in [3.05, 3.63) is 211 Å². The predicted molar refractivity (Wildman–Crippen MR) is 240 cm³/mol. The highest BCUT2D eigenvalue weighted by Gasteiger charge is 2.21. The Hall–Kier alpha value is -7.62. The van der Waals surface area contributed by atoms with Crippen LogP contribution in [0.15, 0.2) is 211 Å². The highest BCUT2D eigenvalue weighted by atomic mass is 15.0. The molecule has 3 heterocycles. The van der Waals surface area contributed by atoms with Gasteiger partial charge in [0.2, 0.25) is 0 Å². The summed E-state index contributed by atoms with van der Waals surface area (Å²) in [5.74, 6) is 0. The molecular weight excluding hydrogens is 691 g/mol. The van der Waals surface area contributed by atoms with Gasteiger partial charge in [0.1, 0.15) is 0 Å². The molecule has 0 bridgehead atoms. The van der Waals surface area contributed by atoms with Crippen LogP contribution < -0.4 is 0 Å². The van der Waals surface area contributed by atoms with Crippen LogP contribution in [0.4, 0.5) is 0 Å². The molecule has 0 saturated heterocycles. The molecule has 3 nitrogen and oxygen atoms in total. The molecule has 12 aromatic rings.